The fourth-order valence-electron chi connectivity index (χ4n) is 2.90. The molecule has 1 amide bonds. The Bertz CT molecular complexity index is 915. The highest BCUT2D eigenvalue weighted by atomic mass is 32.1. The quantitative estimate of drug-likeness (QED) is 0.575. The van der Waals surface area contributed by atoms with Crippen LogP contribution in [0.5, 0.6) is 5.75 Å². The average molecular weight is 394 g/mol. The highest BCUT2D eigenvalue weighted by Gasteiger charge is 2.16. The topological polar surface area (TPSA) is 55.4 Å². The lowest BCUT2D eigenvalue weighted by molar-refractivity contribution is -0.122. The number of hydrogen-bond acceptors (Lipinski definition) is 4. The Balaban J connectivity index is 1.53. The molecular weight excluding hydrogens is 370 g/mol. The Morgan fingerprint density at radius 3 is 2.36 bits per heavy atom. The summed E-state index contributed by atoms with van der Waals surface area (Å²) >= 11 is 1.43. The molecular formula is C23H23NO3S. The molecule has 2 aromatic carbocycles. The molecule has 144 valence electrons. The van der Waals surface area contributed by atoms with E-state index < -0.39 is 0 Å². The van der Waals surface area contributed by atoms with E-state index in [1.165, 1.54) is 11.3 Å². The van der Waals surface area contributed by atoms with Gasteiger partial charge in [-0.25, -0.2) is 0 Å². The fourth-order valence-corrected chi connectivity index (χ4v) is 3.59. The molecule has 0 radical (unpaired) electrons. The first kappa shape index (κ1) is 19.8. The summed E-state index contributed by atoms with van der Waals surface area (Å²) in [4.78, 5) is 25.5. The summed E-state index contributed by atoms with van der Waals surface area (Å²) in [6.07, 6.45) is 0.761. The molecule has 5 heteroatoms. The lowest BCUT2D eigenvalue weighted by Crippen LogP contribution is -2.29. The van der Waals surface area contributed by atoms with Crippen LogP contribution >= 0.6 is 11.3 Å². The van der Waals surface area contributed by atoms with Gasteiger partial charge in [-0.15, -0.1) is 11.3 Å². The van der Waals surface area contributed by atoms with Crippen molar-refractivity contribution in [3.8, 4) is 5.75 Å². The van der Waals surface area contributed by atoms with Crippen molar-refractivity contribution in [3.05, 3.63) is 87.6 Å². The molecule has 1 N–H and O–H groups in total. The smallest absolute Gasteiger partial charge is 0.227 e. The SMILES string of the molecule is COc1ccc(CCNC(=O)C(C)c2ccc(C(=O)c3cccs3)cc2)cc1. The van der Waals surface area contributed by atoms with E-state index in [0.29, 0.717) is 12.1 Å². The lowest BCUT2D eigenvalue weighted by Gasteiger charge is -2.13. The second-order valence-electron chi connectivity index (χ2n) is 6.54. The second-order valence-corrected chi connectivity index (χ2v) is 7.49. The number of carbonyl (C=O) groups is 2. The number of hydrogen-bond donors (Lipinski definition) is 1. The first-order valence-electron chi connectivity index (χ1n) is 9.17. The zero-order chi connectivity index (χ0) is 19.9. The molecule has 1 unspecified atom stereocenters. The molecule has 1 heterocycles. The molecule has 0 aliphatic heterocycles. The summed E-state index contributed by atoms with van der Waals surface area (Å²) in [5, 5.41) is 4.87. The molecule has 1 atom stereocenters. The molecule has 4 nitrogen and oxygen atoms in total. The van der Waals surface area contributed by atoms with Crippen LogP contribution in [-0.4, -0.2) is 25.3 Å². The van der Waals surface area contributed by atoms with Gasteiger partial charge in [0.2, 0.25) is 11.7 Å². The maximum Gasteiger partial charge on any atom is 0.227 e. The highest BCUT2D eigenvalue weighted by Crippen LogP contribution is 2.20. The third-order valence-electron chi connectivity index (χ3n) is 4.68. The van der Waals surface area contributed by atoms with Gasteiger partial charge in [0, 0.05) is 12.1 Å². The van der Waals surface area contributed by atoms with Gasteiger partial charge >= 0.3 is 0 Å². The van der Waals surface area contributed by atoms with E-state index in [0.717, 1.165) is 28.2 Å². The van der Waals surface area contributed by atoms with Crippen LogP contribution in [0.1, 0.15) is 39.2 Å². The third-order valence-corrected chi connectivity index (χ3v) is 5.55. The number of amides is 1. The zero-order valence-electron chi connectivity index (χ0n) is 16.0. The molecule has 0 aliphatic carbocycles. The number of ketones is 1. The van der Waals surface area contributed by atoms with Crippen molar-refractivity contribution in [3.63, 3.8) is 0 Å². The van der Waals surface area contributed by atoms with Crippen LogP contribution < -0.4 is 10.1 Å². The minimum Gasteiger partial charge on any atom is -0.497 e. The van der Waals surface area contributed by atoms with Crippen molar-refractivity contribution < 1.29 is 14.3 Å². The number of carbonyl (C=O) groups excluding carboxylic acids is 2. The Morgan fingerprint density at radius 1 is 1.04 bits per heavy atom. The predicted molar refractivity (Wildman–Crippen MR) is 112 cm³/mol. The van der Waals surface area contributed by atoms with E-state index in [9.17, 15) is 9.59 Å². The van der Waals surface area contributed by atoms with E-state index in [4.69, 9.17) is 4.74 Å². The normalized spacial score (nSPS) is 11.6. The molecule has 0 saturated heterocycles. The van der Waals surface area contributed by atoms with Gasteiger partial charge in [-0.3, -0.25) is 9.59 Å². The van der Waals surface area contributed by atoms with Gasteiger partial charge in [-0.05, 0) is 48.1 Å². The van der Waals surface area contributed by atoms with E-state index in [-0.39, 0.29) is 17.6 Å². The van der Waals surface area contributed by atoms with Gasteiger partial charge in [-0.1, -0.05) is 42.5 Å². The number of benzene rings is 2. The minimum absolute atomic E-state index is 0.0122. The molecule has 28 heavy (non-hydrogen) atoms. The third kappa shape index (κ3) is 4.87. The highest BCUT2D eigenvalue weighted by molar-refractivity contribution is 7.12. The van der Waals surface area contributed by atoms with Gasteiger partial charge < -0.3 is 10.1 Å². The zero-order valence-corrected chi connectivity index (χ0v) is 16.8. The van der Waals surface area contributed by atoms with E-state index in [2.05, 4.69) is 5.32 Å². The molecule has 3 rings (SSSR count). The molecule has 1 aromatic heterocycles. The van der Waals surface area contributed by atoms with Crippen LogP contribution in [0, 0.1) is 0 Å². The van der Waals surface area contributed by atoms with Gasteiger partial charge in [0.05, 0.1) is 17.9 Å². The summed E-state index contributed by atoms with van der Waals surface area (Å²) in [5.74, 6) is 0.535. The summed E-state index contributed by atoms with van der Waals surface area (Å²) < 4.78 is 5.15. The molecule has 3 aromatic rings. The molecule has 0 saturated carbocycles. The standard InChI is InChI=1S/C23H23NO3S/c1-16(23(26)24-14-13-17-5-11-20(27-2)12-6-17)18-7-9-19(10-8-18)22(25)21-4-3-15-28-21/h3-12,15-16H,13-14H2,1-2H3,(H,24,26). The molecule has 0 aliphatic rings. The number of ether oxygens (including phenoxy) is 1. The van der Waals surface area contributed by atoms with Crippen molar-refractivity contribution >= 4 is 23.0 Å². The van der Waals surface area contributed by atoms with Gasteiger partial charge in [0.1, 0.15) is 5.75 Å². The van der Waals surface area contributed by atoms with E-state index >= 15 is 0 Å². The van der Waals surface area contributed by atoms with Gasteiger partial charge in [0.15, 0.2) is 0 Å². The number of thiophene rings is 1. The molecule has 0 fully saturated rings. The Morgan fingerprint density at radius 2 is 1.75 bits per heavy atom. The van der Waals surface area contributed by atoms with Gasteiger partial charge in [0.25, 0.3) is 0 Å². The average Bonchev–Trinajstić information content (AvgIpc) is 3.28. The summed E-state index contributed by atoms with van der Waals surface area (Å²) in [7, 11) is 1.64. The first-order valence-corrected chi connectivity index (χ1v) is 10.0. The lowest BCUT2D eigenvalue weighted by atomic mass is 9.97. The maximum absolute atomic E-state index is 12.4. The van der Waals surface area contributed by atoms with Crippen molar-refractivity contribution in [2.45, 2.75) is 19.3 Å². The van der Waals surface area contributed by atoms with E-state index in [1.807, 2.05) is 60.8 Å². The molecule has 0 bridgehead atoms. The van der Waals surface area contributed by atoms with Crippen LogP contribution in [0.3, 0.4) is 0 Å². The fraction of sp³-hybridized carbons (Fsp3) is 0.217. The van der Waals surface area contributed by atoms with Crippen LogP contribution in [0.15, 0.2) is 66.0 Å². The number of rotatable bonds is 8. The monoisotopic (exact) mass is 393 g/mol. The summed E-state index contributed by atoms with van der Waals surface area (Å²) in [6, 6.07) is 18.8. The Hall–Kier alpha value is -2.92. The van der Waals surface area contributed by atoms with Crippen molar-refractivity contribution in [1.29, 1.82) is 0 Å². The van der Waals surface area contributed by atoms with Gasteiger partial charge in [-0.2, -0.15) is 0 Å². The molecule has 0 spiro atoms. The van der Waals surface area contributed by atoms with E-state index in [1.54, 1.807) is 19.2 Å². The van der Waals surface area contributed by atoms with Crippen molar-refractivity contribution in [2.75, 3.05) is 13.7 Å². The number of methoxy groups -OCH3 is 1. The first-order chi connectivity index (χ1) is 13.6. The minimum atomic E-state index is -0.276. The largest absolute Gasteiger partial charge is 0.497 e. The summed E-state index contributed by atoms with van der Waals surface area (Å²) in [6.45, 7) is 2.45. The van der Waals surface area contributed by atoms with Crippen LogP contribution in [0.25, 0.3) is 0 Å². The van der Waals surface area contributed by atoms with Crippen molar-refractivity contribution in [1.82, 2.24) is 5.32 Å². The summed E-state index contributed by atoms with van der Waals surface area (Å²) in [5.41, 5.74) is 2.67. The van der Waals surface area contributed by atoms with Crippen LogP contribution in [0.4, 0.5) is 0 Å². The predicted octanol–water partition coefficient (Wildman–Crippen LogP) is 4.45. The van der Waals surface area contributed by atoms with Crippen molar-refractivity contribution in [2.24, 2.45) is 0 Å². The second kappa shape index (κ2) is 9.33. The Labute approximate surface area is 169 Å². The maximum atomic E-state index is 12.4. The number of nitrogens with one attached hydrogen (secondary N) is 1. The Kier molecular flexibility index (Phi) is 6.61. The van der Waals surface area contributed by atoms with Crippen LogP contribution in [0.2, 0.25) is 0 Å². The van der Waals surface area contributed by atoms with Crippen LogP contribution in [-0.2, 0) is 11.2 Å².